The number of ketones is 1. The molecule has 3 unspecified atom stereocenters. The lowest BCUT2D eigenvalue weighted by Crippen LogP contribution is -2.61. The zero-order valence-corrected chi connectivity index (χ0v) is 21.2. The lowest BCUT2D eigenvalue weighted by Gasteiger charge is -2.43. The highest BCUT2D eigenvalue weighted by Crippen LogP contribution is 2.29. The molecule has 1 aliphatic heterocycles. The van der Waals surface area contributed by atoms with Crippen molar-refractivity contribution in [2.24, 2.45) is 0 Å². The van der Waals surface area contributed by atoms with E-state index >= 15 is 0 Å². The first-order valence-electron chi connectivity index (χ1n) is 11.6. The van der Waals surface area contributed by atoms with Crippen molar-refractivity contribution in [2.45, 2.75) is 56.2 Å². The molecule has 1 N–H and O–H groups in total. The molecule has 9 heteroatoms. The van der Waals surface area contributed by atoms with Gasteiger partial charge in [0.1, 0.15) is 5.75 Å². The molecule has 7 nitrogen and oxygen atoms in total. The normalized spacial score (nSPS) is 17.1. The number of halogens is 1. The SMILES string of the molecule is CC(COCCCCCC(=O)c1ccc(Cl)cc1)N1C(=O)CC1[S+]([O-])Cc1ccc(C(=O)O)cc1. The van der Waals surface area contributed by atoms with Crippen LogP contribution in [0.3, 0.4) is 0 Å². The van der Waals surface area contributed by atoms with E-state index in [0.717, 1.165) is 24.8 Å². The van der Waals surface area contributed by atoms with Gasteiger partial charge in [-0.05, 0) is 67.3 Å². The lowest BCUT2D eigenvalue weighted by atomic mass is 10.1. The summed E-state index contributed by atoms with van der Waals surface area (Å²) in [6.45, 7) is 2.77. The van der Waals surface area contributed by atoms with Crippen LogP contribution in [0, 0.1) is 0 Å². The molecule has 2 aromatic rings. The molecule has 2 aromatic carbocycles. The Morgan fingerprint density at radius 3 is 2.40 bits per heavy atom. The molecule has 1 aliphatic rings. The van der Waals surface area contributed by atoms with Gasteiger partial charge in [0.15, 0.2) is 11.2 Å². The maximum atomic E-state index is 12.8. The molecule has 1 saturated heterocycles. The average Bonchev–Trinajstić information content (AvgIpc) is 2.82. The predicted molar refractivity (Wildman–Crippen MR) is 135 cm³/mol. The summed E-state index contributed by atoms with van der Waals surface area (Å²) >= 11 is 4.56. The lowest BCUT2D eigenvalue weighted by molar-refractivity contribution is -0.146. The summed E-state index contributed by atoms with van der Waals surface area (Å²) in [5.74, 6) is -0.684. The molecule has 0 aromatic heterocycles. The number of carbonyl (C=O) groups is 3. The molecule has 1 fully saturated rings. The summed E-state index contributed by atoms with van der Waals surface area (Å²) in [5, 5.41) is 9.24. The molecule has 1 heterocycles. The van der Waals surface area contributed by atoms with E-state index < -0.39 is 17.1 Å². The van der Waals surface area contributed by atoms with Crippen molar-refractivity contribution in [1.29, 1.82) is 0 Å². The second-order valence-corrected chi connectivity index (χ2v) is 10.7. The van der Waals surface area contributed by atoms with Crippen LogP contribution < -0.4 is 0 Å². The van der Waals surface area contributed by atoms with Gasteiger partial charge in [0.25, 0.3) is 0 Å². The van der Waals surface area contributed by atoms with Gasteiger partial charge >= 0.3 is 5.97 Å². The fourth-order valence-electron chi connectivity index (χ4n) is 3.94. The second-order valence-electron chi connectivity index (χ2n) is 8.65. The van der Waals surface area contributed by atoms with E-state index in [4.69, 9.17) is 21.4 Å². The number of amides is 1. The third kappa shape index (κ3) is 7.80. The van der Waals surface area contributed by atoms with Gasteiger partial charge in [-0.1, -0.05) is 30.2 Å². The quantitative estimate of drug-likeness (QED) is 0.168. The Morgan fingerprint density at radius 1 is 1.11 bits per heavy atom. The largest absolute Gasteiger partial charge is 0.614 e. The summed E-state index contributed by atoms with van der Waals surface area (Å²) in [6, 6.07) is 13.0. The zero-order valence-electron chi connectivity index (χ0n) is 19.7. The summed E-state index contributed by atoms with van der Waals surface area (Å²) in [7, 11) is 0. The molecule has 0 saturated carbocycles. The average molecular weight is 520 g/mol. The van der Waals surface area contributed by atoms with Gasteiger partial charge < -0.3 is 14.4 Å². The number of carbonyl (C=O) groups excluding carboxylic acids is 2. The van der Waals surface area contributed by atoms with E-state index in [1.165, 1.54) is 12.1 Å². The number of likely N-dealkylation sites (tertiary alicyclic amines) is 1. The second kappa shape index (κ2) is 13.1. The minimum Gasteiger partial charge on any atom is -0.614 e. The maximum absolute atomic E-state index is 12.8. The Balaban J connectivity index is 1.33. The van der Waals surface area contributed by atoms with Gasteiger partial charge in [-0.2, -0.15) is 0 Å². The standard InChI is InChI=1S/C26H30ClNO6S/c1-18(16-34-14-4-2-3-5-23(29)20-10-12-22(27)13-11-20)28-24(30)15-25(28)35(33)17-19-6-8-21(9-7-19)26(31)32/h6-13,18,25H,2-5,14-17H2,1H3,(H,31,32). The number of rotatable bonds is 14. The van der Waals surface area contributed by atoms with Crippen molar-refractivity contribution in [2.75, 3.05) is 13.2 Å². The molecule has 1 amide bonds. The highest BCUT2D eigenvalue weighted by atomic mass is 35.5. The minimum absolute atomic E-state index is 0.0404. The number of carboxylic acid groups (broad SMARTS) is 1. The molecule has 0 aliphatic carbocycles. The molecular weight excluding hydrogens is 490 g/mol. The van der Waals surface area contributed by atoms with E-state index in [1.54, 1.807) is 41.3 Å². The zero-order chi connectivity index (χ0) is 25.4. The summed E-state index contributed by atoms with van der Waals surface area (Å²) in [4.78, 5) is 36.9. The molecule has 0 radical (unpaired) electrons. The number of ether oxygens (including phenoxy) is 1. The monoisotopic (exact) mass is 519 g/mol. The maximum Gasteiger partial charge on any atom is 0.335 e. The topological polar surface area (TPSA) is 107 Å². The van der Waals surface area contributed by atoms with Gasteiger partial charge in [0.05, 0.1) is 24.6 Å². The number of benzene rings is 2. The van der Waals surface area contributed by atoms with E-state index in [2.05, 4.69) is 0 Å². The molecular formula is C26H30ClNO6S. The van der Waals surface area contributed by atoms with Crippen molar-refractivity contribution in [3.63, 3.8) is 0 Å². The highest BCUT2D eigenvalue weighted by molar-refractivity contribution is 7.91. The van der Waals surface area contributed by atoms with Gasteiger partial charge in [0.2, 0.25) is 5.91 Å². The number of hydrogen-bond donors (Lipinski definition) is 1. The fourth-order valence-corrected chi connectivity index (χ4v) is 5.68. The van der Waals surface area contributed by atoms with Crippen LogP contribution in [0.5, 0.6) is 0 Å². The van der Waals surface area contributed by atoms with Crippen LogP contribution in [-0.4, -0.2) is 56.8 Å². The Bertz CT molecular complexity index is 1010. The third-order valence-corrected chi connectivity index (χ3v) is 7.82. The first-order chi connectivity index (χ1) is 16.8. The van der Waals surface area contributed by atoms with Crippen molar-refractivity contribution in [3.05, 3.63) is 70.2 Å². The Hall–Kier alpha value is -2.39. The van der Waals surface area contributed by atoms with Crippen molar-refractivity contribution in [1.82, 2.24) is 4.90 Å². The minimum atomic E-state index is -1.29. The van der Waals surface area contributed by atoms with Gasteiger partial charge in [-0.3, -0.25) is 14.5 Å². The van der Waals surface area contributed by atoms with Gasteiger partial charge in [-0.15, -0.1) is 0 Å². The predicted octanol–water partition coefficient (Wildman–Crippen LogP) is 4.69. The van der Waals surface area contributed by atoms with Crippen molar-refractivity contribution in [3.8, 4) is 0 Å². The molecule has 3 rings (SSSR count). The van der Waals surface area contributed by atoms with Crippen molar-refractivity contribution < 1.29 is 28.8 Å². The van der Waals surface area contributed by atoms with Crippen LogP contribution >= 0.6 is 11.6 Å². The number of Topliss-reactive ketones (excluding diaryl/α,β-unsaturated/α-hetero) is 1. The molecule has 0 spiro atoms. The number of aromatic carboxylic acids is 1. The Kier molecular flexibility index (Phi) is 10.2. The van der Waals surface area contributed by atoms with E-state index in [1.807, 2.05) is 6.92 Å². The molecule has 0 bridgehead atoms. The first kappa shape index (κ1) is 27.2. The number of carboxylic acids is 1. The highest BCUT2D eigenvalue weighted by Gasteiger charge is 2.46. The molecule has 35 heavy (non-hydrogen) atoms. The Morgan fingerprint density at radius 2 is 1.77 bits per heavy atom. The van der Waals surface area contributed by atoms with Crippen LogP contribution in [-0.2, 0) is 26.5 Å². The number of unbranched alkanes of at least 4 members (excludes halogenated alkanes) is 2. The van der Waals surface area contributed by atoms with Crippen LogP contribution in [0.15, 0.2) is 48.5 Å². The molecule has 3 atom stereocenters. The fraction of sp³-hybridized carbons (Fsp3) is 0.423. The van der Waals surface area contributed by atoms with Gasteiger partial charge in [-0.25, -0.2) is 4.79 Å². The van der Waals surface area contributed by atoms with E-state index in [-0.39, 0.29) is 40.8 Å². The summed E-state index contributed by atoms with van der Waals surface area (Å²) in [5.41, 5.74) is 1.62. The summed E-state index contributed by atoms with van der Waals surface area (Å²) < 4.78 is 18.6. The van der Waals surface area contributed by atoms with Gasteiger partial charge in [0, 0.05) is 29.2 Å². The number of β-lactam (4-membered cyclic amide) rings is 1. The smallest absolute Gasteiger partial charge is 0.335 e. The van der Waals surface area contributed by atoms with Crippen LogP contribution in [0.4, 0.5) is 0 Å². The van der Waals surface area contributed by atoms with E-state index in [0.29, 0.717) is 30.2 Å². The summed E-state index contributed by atoms with van der Waals surface area (Å²) in [6.07, 6.45) is 3.18. The van der Waals surface area contributed by atoms with Crippen LogP contribution in [0.2, 0.25) is 5.02 Å². The first-order valence-corrected chi connectivity index (χ1v) is 13.4. The van der Waals surface area contributed by atoms with Crippen LogP contribution in [0.1, 0.15) is 65.3 Å². The number of hydrogen-bond acceptors (Lipinski definition) is 5. The Labute approximate surface area is 213 Å². The number of nitrogens with zero attached hydrogens (tertiary/aromatic N) is 1. The van der Waals surface area contributed by atoms with E-state index in [9.17, 15) is 18.9 Å². The molecule has 188 valence electrons. The third-order valence-electron chi connectivity index (χ3n) is 5.95. The van der Waals surface area contributed by atoms with Crippen molar-refractivity contribution >= 4 is 40.4 Å². The van der Waals surface area contributed by atoms with Crippen LogP contribution in [0.25, 0.3) is 0 Å².